The lowest BCUT2D eigenvalue weighted by molar-refractivity contribution is -0.121. The summed E-state index contributed by atoms with van der Waals surface area (Å²) in [5, 5.41) is 3.05. The van der Waals surface area contributed by atoms with Crippen LogP contribution in [0.3, 0.4) is 0 Å². The highest BCUT2D eigenvalue weighted by molar-refractivity contribution is 7.92. The smallest absolute Gasteiger partial charge is 0.232 e. The van der Waals surface area contributed by atoms with E-state index >= 15 is 0 Å². The van der Waals surface area contributed by atoms with Crippen LogP contribution in [0.2, 0.25) is 0 Å². The highest BCUT2D eigenvalue weighted by Crippen LogP contribution is 2.23. The van der Waals surface area contributed by atoms with Gasteiger partial charge in [-0.05, 0) is 25.0 Å². The van der Waals surface area contributed by atoms with Gasteiger partial charge in [0.15, 0.2) is 0 Å². The molecule has 0 bridgehead atoms. The van der Waals surface area contributed by atoms with E-state index in [4.69, 9.17) is 4.74 Å². The van der Waals surface area contributed by atoms with Gasteiger partial charge in [0.25, 0.3) is 0 Å². The molecule has 0 saturated heterocycles. The van der Waals surface area contributed by atoms with Crippen molar-refractivity contribution in [2.24, 2.45) is 0 Å². The Labute approximate surface area is 150 Å². The van der Waals surface area contributed by atoms with Gasteiger partial charge < -0.3 is 10.1 Å². The summed E-state index contributed by atoms with van der Waals surface area (Å²) in [5.74, 6) is 0.484. The van der Waals surface area contributed by atoms with Crippen LogP contribution in [0.4, 0.5) is 5.69 Å². The Morgan fingerprint density at radius 1 is 1.24 bits per heavy atom. The number of nitrogens with one attached hydrogen (secondary N) is 1. The van der Waals surface area contributed by atoms with Crippen LogP contribution in [0.5, 0.6) is 5.75 Å². The Kier molecular flexibility index (Phi) is 7.11. The zero-order valence-electron chi connectivity index (χ0n) is 15.0. The van der Waals surface area contributed by atoms with E-state index in [1.165, 1.54) is 24.3 Å². The highest BCUT2D eigenvalue weighted by Gasteiger charge is 2.20. The van der Waals surface area contributed by atoms with E-state index in [1.54, 1.807) is 24.3 Å². The second-order valence-electron chi connectivity index (χ2n) is 6.54. The first-order chi connectivity index (χ1) is 11.9. The number of hydrogen-bond acceptors (Lipinski definition) is 4. The van der Waals surface area contributed by atoms with Crippen LogP contribution in [-0.4, -0.2) is 40.3 Å². The molecule has 140 valence electrons. The van der Waals surface area contributed by atoms with Crippen molar-refractivity contribution in [2.45, 2.75) is 51.0 Å². The number of amides is 1. The van der Waals surface area contributed by atoms with Gasteiger partial charge in [-0.15, -0.1) is 0 Å². The van der Waals surface area contributed by atoms with Gasteiger partial charge in [-0.2, -0.15) is 0 Å². The predicted molar refractivity (Wildman–Crippen MR) is 99.4 cm³/mol. The van der Waals surface area contributed by atoms with Gasteiger partial charge in [-0.1, -0.05) is 31.7 Å². The van der Waals surface area contributed by atoms with Crippen LogP contribution in [0, 0.1) is 0 Å². The minimum absolute atomic E-state index is 0.0940. The molecule has 0 aliphatic heterocycles. The molecule has 1 amide bonds. The fraction of sp³-hybridized carbons (Fsp3) is 0.611. The number of hydrogen-bond donors (Lipinski definition) is 1. The number of sulfonamides is 1. The molecule has 0 atom stereocenters. The summed E-state index contributed by atoms with van der Waals surface area (Å²) in [6.45, 7) is 0.116. The van der Waals surface area contributed by atoms with Crippen molar-refractivity contribution in [3.05, 3.63) is 24.3 Å². The van der Waals surface area contributed by atoms with Gasteiger partial charge in [0.05, 0.1) is 19.1 Å². The van der Waals surface area contributed by atoms with Crippen LogP contribution in [-0.2, 0) is 14.8 Å². The molecule has 0 spiro atoms. The average Bonchev–Trinajstić information content (AvgIpc) is 2.82. The van der Waals surface area contributed by atoms with Crippen molar-refractivity contribution in [1.82, 2.24) is 5.32 Å². The molecule has 1 saturated carbocycles. The molecule has 1 aromatic rings. The van der Waals surface area contributed by atoms with Gasteiger partial charge >= 0.3 is 0 Å². The number of nitrogens with zero attached hydrogens (tertiary/aromatic N) is 1. The molecule has 2 rings (SSSR count). The maximum absolute atomic E-state index is 12.3. The van der Waals surface area contributed by atoms with Crippen LogP contribution >= 0.6 is 0 Å². The second-order valence-corrected chi connectivity index (χ2v) is 8.45. The molecule has 1 aromatic carbocycles. The number of rotatable bonds is 7. The monoisotopic (exact) mass is 368 g/mol. The minimum atomic E-state index is -3.48. The first-order valence-corrected chi connectivity index (χ1v) is 10.7. The quantitative estimate of drug-likeness (QED) is 0.751. The topological polar surface area (TPSA) is 75.7 Å². The Morgan fingerprint density at radius 2 is 1.92 bits per heavy atom. The summed E-state index contributed by atoms with van der Waals surface area (Å²) in [4.78, 5) is 12.3. The van der Waals surface area contributed by atoms with Crippen LogP contribution in [0.25, 0.3) is 0 Å². The average molecular weight is 368 g/mol. The number of methoxy groups -OCH3 is 1. The van der Waals surface area contributed by atoms with Crippen molar-refractivity contribution in [1.29, 1.82) is 0 Å². The van der Waals surface area contributed by atoms with E-state index in [-0.39, 0.29) is 24.9 Å². The zero-order chi connectivity index (χ0) is 18.3. The van der Waals surface area contributed by atoms with E-state index in [2.05, 4.69) is 5.32 Å². The van der Waals surface area contributed by atoms with Gasteiger partial charge in [0.1, 0.15) is 5.75 Å². The molecular formula is C18H28N2O4S. The molecule has 1 aliphatic carbocycles. The number of benzene rings is 1. The Balaban J connectivity index is 1.99. The molecule has 1 N–H and O–H groups in total. The molecule has 0 unspecified atom stereocenters. The minimum Gasteiger partial charge on any atom is -0.497 e. The zero-order valence-corrected chi connectivity index (χ0v) is 15.8. The summed E-state index contributed by atoms with van der Waals surface area (Å²) in [6, 6.07) is 7.07. The fourth-order valence-corrected chi connectivity index (χ4v) is 4.10. The van der Waals surface area contributed by atoms with Crippen LogP contribution in [0.15, 0.2) is 24.3 Å². The molecule has 1 aliphatic rings. The highest BCUT2D eigenvalue weighted by atomic mass is 32.2. The molecule has 0 aromatic heterocycles. The fourth-order valence-electron chi connectivity index (χ4n) is 3.18. The third-order valence-electron chi connectivity index (χ3n) is 4.50. The molecule has 25 heavy (non-hydrogen) atoms. The largest absolute Gasteiger partial charge is 0.497 e. The number of carbonyl (C=O) groups excluding carboxylic acids is 1. The Hall–Kier alpha value is -1.76. The lowest BCUT2D eigenvalue weighted by Crippen LogP contribution is -2.38. The Morgan fingerprint density at radius 3 is 2.52 bits per heavy atom. The van der Waals surface area contributed by atoms with Gasteiger partial charge in [-0.3, -0.25) is 9.10 Å². The van der Waals surface area contributed by atoms with Gasteiger partial charge in [0, 0.05) is 25.1 Å². The van der Waals surface area contributed by atoms with Crippen molar-refractivity contribution in [2.75, 3.05) is 24.2 Å². The third-order valence-corrected chi connectivity index (χ3v) is 5.70. The SMILES string of the molecule is COc1cccc(N(CCC(=O)NC2CCCCCC2)S(C)(=O)=O)c1. The third kappa shape index (κ3) is 6.23. The van der Waals surface area contributed by atoms with Gasteiger partial charge in [0.2, 0.25) is 15.9 Å². The van der Waals surface area contributed by atoms with Crippen molar-refractivity contribution in [3.63, 3.8) is 0 Å². The summed E-state index contributed by atoms with van der Waals surface area (Å²) in [7, 11) is -1.95. The van der Waals surface area contributed by atoms with E-state index < -0.39 is 10.0 Å². The van der Waals surface area contributed by atoms with Crippen molar-refractivity contribution >= 4 is 21.6 Å². The summed E-state index contributed by atoms with van der Waals surface area (Å²) in [6.07, 6.45) is 8.05. The summed E-state index contributed by atoms with van der Waals surface area (Å²) >= 11 is 0. The second kappa shape index (κ2) is 9.08. The molecule has 0 radical (unpaired) electrons. The van der Waals surface area contributed by atoms with E-state index in [0.29, 0.717) is 11.4 Å². The first kappa shape index (κ1) is 19.6. The number of carbonyl (C=O) groups is 1. The molecule has 0 heterocycles. The maximum atomic E-state index is 12.3. The molecule has 6 nitrogen and oxygen atoms in total. The maximum Gasteiger partial charge on any atom is 0.232 e. The predicted octanol–water partition coefficient (Wildman–Crippen LogP) is 2.69. The standard InChI is InChI=1S/C18H28N2O4S/c1-24-17-11-7-10-16(14-17)20(25(2,22)23)13-12-18(21)19-15-8-5-3-4-6-9-15/h7,10-11,14-15H,3-6,8-9,12-13H2,1-2H3,(H,19,21). The van der Waals surface area contributed by atoms with E-state index in [0.717, 1.165) is 31.9 Å². The molecule has 7 heteroatoms. The normalized spacial score (nSPS) is 16.1. The Bertz CT molecular complexity index is 667. The van der Waals surface area contributed by atoms with Crippen molar-refractivity contribution in [3.8, 4) is 5.75 Å². The van der Waals surface area contributed by atoms with Crippen LogP contribution in [0.1, 0.15) is 44.9 Å². The number of ether oxygens (including phenoxy) is 1. The molecular weight excluding hydrogens is 340 g/mol. The lowest BCUT2D eigenvalue weighted by Gasteiger charge is -2.23. The van der Waals surface area contributed by atoms with Crippen molar-refractivity contribution < 1.29 is 17.9 Å². The van der Waals surface area contributed by atoms with Crippen LogP contribution < -0.4 is 14.4 Å². The van der Waals surface area contributed by atoms with E-state index in [9.17, 15) is 13.2 Å². The lowest BCUT2D eigenvalue weighted by atomic mass is 10.1. The first-order valence-electron chi connectivity index (χ1n) is 8.81. The molecule has 1 fully saturated rings. The van der Waals surface area contributed by atoms with Gasteiger partial charge in [-0.25, -0.2) is 8.42 Å². The summed E-state index contributed by atoms with van der Waals surface area (Å²) < 4.78 is 30.7. The van der Waals surface area contributed by atoms with E-state index in [1.807, 2.05) is 0 Å². The number of anilines is 1. The summed E-state index contributed by atoms with van der Waals surface area (Å²) in [5.41, 5.74) is 0.504.